The fourth-order valence-electron chi connectivity index (χ4n) is 1.38. The molecule has 0 saturated heterocycles. The Morgan fingerprint density at radius 3 is 1.40 bits per heavy atom. The van der Waals surface area contributed by atoms with E-state index in [1.165, 1.54) is 12.1 Å². The van der Waals surface area contributed by atoms with Crippen LogP contribution in [0.4, 0.5) is 0 Å². The fourth-order valence-corrected chi connectivity index (χ4v) is 3.08. The summed E-state index contributed by atoms with van der Waals surface area (Å²) in [6.07, 6.45) is 0. The van der Waals surface area contributed by atoms with Gasteiger partial charge in [0.25, 0.3) is 0 Å². The van der Waals surface area contributed by atoms with Gasteiger partial charge in [-0.1, -0.05) is 81.2 Å². The average Bonchev–Trinajstić information content (AvgIpc) is 2.38. The quantitative estimate of drug-likeness (QED) is 0.359. The molecule has 106 valence electrons. The molecule has 0 atom stereocenters. The van der Waals surface area contributed by atoms with Crippen molar-refractivity contribution in [3.8, 4) is 11.5 Å². The number of hydrogen-bond donors (Lipinski definition) is 0. The lowest BCUT2D eigenvalue weighted by Crippen LogP contribution is -1.90. The lowest BCUT2D eigenvalue weighted by atomic mass is 10.3. The van der Waals surface area contributed by atoms with E-state index in [4.69, 9.17) is 85.9 Å². The predicted octanol–water partition coefficient (Wildman–Crippen LogP) is 8.05. The van der Waals surface area contributed by atoms with E-state index in [1.807, 2.05) is 0 Å². The van der Waals surface area contributed by atoms with Gasteiger partial charge in [0.2, 0.25) is 0 Å². The van der Waals surface area contributed by atoms with Crippen molar-refractivity contribution in [2.75, 3.05) is 0 Å². The fraction of sp³-hybridized carbons (Fsp3) is 0. The molecular formula is C12H3Cl7O. The Morgan fingerprint density at radius 1 is 0.550 bits per heavy atom. The molecule has 0 heterocycles. The van der Waals surface area contributed by atoms with Crippen molar-refractivity contribution in [1.82, 2.24) is 0 Å². The Labute approximate surface area is 150 Å². The Kier molecular flexibility index (Phi) is 5.47. The van der Waals surface area contributed by atoms with Crippen LogP contribution in [0.25, 0.3) is 0 Å². The van der Waals surface area contributed by atoms with Gasteiger partial charge in [0.1, 0.15) is 15.8 Å². The van der Waals surface area contributed by atoms with Crippen LogP contribution < -0.4 is 4.74 Å². The normalized spacial score (nSPS) is 10.8. The van der Waals surface area contributed by atoms with Gasteiger partial charge < -0.3 is 4.74 Å². The van der Waals surface area contributed by atoms with Gasteiger partial charge in [0.05, 0.1) is 15.1 Å². The molecule has 8 heteroatoms. The second-order valence-corrected chi connectivity index (χ2v) is 6.37. The molecule has 0 N–H and O–H groups in total. The first kappa shape index (κ1) is 16.6. The SMILES string of the molecule is Clc1cc(Cl)cc(Oc2c(Cl)c(Cl)c(Cl)c(Cl)c2Cl)c1. The monoisotopic (exact) mass is 408 g/mol. The van der Waals surface area contributed by atoms with Crippen LogP contribution >= 0.6 is 81.2 Å². The first-order valence-electron chi connectivity index (χ1n) is 4.96. The molecule has 0 aliphatic rings. The molecule has 0 amide bonds. The minimum atomic E-state index is 0.0437. The highest BCUT2D eigenvalue weighted by Gasteiger charge is 2.21. The van der Waals surface area contributed by atoms with Crippen LogP contribution in [0.5, 0.6) is 11.5 Å². The largest absolute Gasteiger partial charge is 0.454 e. The molecule has 2 aromatic carbocycles. The van der Waals surface area contributed by atoms with E-state index in [9.17, 15) is 0 Å². The first-order chi connectivity index (χ1) is 9.31. The number of ether oxygens (including phenoxy) is 1. The summed E-state index contributed by atoms with van der Waals surface area (Å²) in [4.78, 5) is 0. The van der Waals surface area contributed by atoms with Gasteiger partial charge in [-0.25, -0.2) is 0 Å². The lowest BCUT2D eigenvalue weighted by molar-refractivity contribution is 0.483. The van der Waals surface area contributed by atoms with Crippen molar-refractivity contribution in [3.63, 3.8) is 0 Å². The summed E-state index contributed by atoms with van der Waals surface area (Å²) in [5.74, 6) is 0.409. The molecule has 0 saturated carbocycles. The maximum atomic E-state index is 6.05. The van der Waals surface area contributed by atoms with Crippen molar-refractivity contribution in [1.29, 1.82) is 0 Å². The molecule has 0 radical (unpaired) electrons. The summed E-state index contributed by atoms with van der Waals surface area (Å²) in [6, 6.07) is 4.63. The minimum Gasteiger partial charge on any atom is -0.454 e. The first-order valence-corrected chi connectivity index (χ1v) is 7.61. The van der Waals surface area contributed by atoms with Crippen molar-refractivity contribution in [3.05, 3.63) is 53.4 Å². The van der Waals surface area contributed by atoms with Gasteiger partial charge >= 0.3 is 0 Å². The van der Waals surface area contributed by atoms with E-state index < -0.39 is 0 Å². The molecule has 0 aromatic heterocycles. The third-order valence-corrected chi connectivity index (χ3v) is 4.90. The van der Waals surface area contributed by atoms with Crippen LogP contribution in [0.1, 0.15) is 0 Å². The summed E-state index contributed by atoms with van der Waals surface area (Å²) in [5.41, 5.74) is 0. The van der Waals surface area contributed by atoms with E-state index in [2.05, 4.69) is 0 Å². The van der Waals surface area contributed by atoms with E-state index in [1.54, 1.807) is 6.07 Å². The zero-order valence-electron chi connectivity index (χ0n) is 9.29. The van der Waals surface area contributed by atoms with Crippen molar-refractivity contribution >= 4 is 81.2 Å². The zero-order chi connectivity index (χ0) is 15.0. The van der Waals surface area contributed by atoms with Crippen LogP contribution in [-0.2, 0) is 0 Å². The molecule has 0 aliphatic heterocycles. The molecule has 20 heavy (non-hydrogen) atoms. The van der Waals surface area contributed by atoms with Crippen LogP contribution in [0.3, 0.4) is 0 Å². The van der Waals surface area contributed by atoms with Gasteiger partial charge in [-0.15, -0.1) is 0 Å². The highest BCUT2D eigenvalue weighted by atomic mass is 35.5. The Bertz CT molecular complexity index is 635. The smallest absolute Gasteiger partial charge is 0.167 e. The predicted molar refractivity (Wildman–Crippen MR) is 88.0 cm³/mol. The second-order valence-electron chi connectivity index (χ2n) is 3.61. The third-order valence-electron chi connectivity index (χ3n) is 2.23. The minimum absolute atomic E-state index is 0.0437. The molecule has 2 aromatic rings. The highest BCUT2D eigenvalue weighted by molar-refractivity contribution is 6.55. The van der Waals surface area contributed by atoms with Gasteiger partial charge in [0, 0.05) is 10.0 Å². The zero-order valence-corrected chi connectivity index (χ0v) is 14.6. The summed E-state index contributed by atoms with van der Waals surface area (Å²) < 4.78 is 5.56. The summed E-state index contributed by atoms with van der Waals surface area (Å²) in [7, 11) is 0. The topological polar surface area (TPSA) is 9.23 Å². The molecule has 1 nitrogen and oxygen atoms in total. The third kappa shape index (κ3) is 3.36. The van der Waals surface area contributed by atoms with Crippen molar-refractivity contribution < 1.29 is 4.74 Å². The van der Waals surface area contributed by atoms with E-state index in [-0.39, 0.29) is 30.9 Å². The number of rotatable bonds is 2. The van der Waals surface area contributed by atoms with Crippen molar-refractivity contribution in [2.45, 2.75) is 0 Å². The van der Waals surface area contributed by atoms with E-state index in [0.717, 1.165) is 0 Å². The summed E-state index contributed by atoms with van der Waals surface area (Å²) in [5, 5.41) is 1.03. The number of hydrogen-bond acceptors (Lipinski definition) is 1. The standard InChI is InChI=1S/C12H3Cl7O/c13-4-1-5(14)3-6(2-4)20-12-10(18)8(16)7(15)9(17)11(12)19/h1-3H. The number of benzene rings is 2. The molecule has 0 unspecified atom stereocenters. The molecule has 0 spiro atoms. The van der Waals surface area contributed by atoms with E-state index in [0.29, 0.717) is 15.8 Å². The van der Waals surface area contributed by atoms with Gasteiger partial charge in [-0.3, -0.25) is 0 Å². The maximum Gasteiger partial charge on any atom is 0.167 e. The molecule has 0 aliphatic carbocycles. The molecular weight excluding hydrogens is 408 g/mol. The second kappa shape index (κ2) is 6.58. The summed E-state index contributed by atoms with van der Waals surface area (Å²) in [6.45, 7) is 0. The van der Waals surface area contributed by atoms with E-state index >= 15 is 0 Å². The van der Waals surface area contributed by atoms with Crippen LogP contribution in [0.2, 0.25) is 35.2 Å². The summed E-state index contributed by atoms with van der Waals surface area (Å²) >= 11 is 41.7. The number of halogens is 7. The molecule has 0 fully saturated rings. The average molecular weight is 411 g/mol. The lowest BCUT2D eigenvalue weighted by Gasteiger charge is -2.13. The Hall–Kier alpha value is 0.270. The van der Waals surface area contributed by atoms with Gasteiger partial charge in [-0.05, 0) is 18.2 Å². The van der Waals surface area contributed by atoms with Crippen LogP contribution in [0.15, 0.2) is 18.2 Å². The van der Waals surface area contributed by atoms with Crippen molar-refractivity contribution in [2.24, 2.45) is 0 Å². The van der Waals surface area contributed by atoms with Gasteiger partial charge in [0.15, 0.2) is 5.75 Å². The van der Waals surface area contributed by atoms with Gasteiger partial charge in [-0.2, -0.15) is 0 Å². The maximum absolute atomic E-state index is 6.05. The Balaban J connectivity index is 2.54. The van der Waals surface area contributed by atoms with Crippen LogP contribution in [0, 0.1) is 0 Å². The highest BCUT2D eigenvalue weighted by Crippen LogP contribution is 2.49. The molecule has 0 bridgehead atoms. The van der Waals surface area contributed by atoms with Crippen LogP contribution in [-0.4, -0.2) is 0 Å². The Morgan fingerprint density at radius 2 is 0.950 bits per heavy atom. The molecule has 2 rings (SSSR count).